The minimum absolute atomic E-state index is 0.0384. The zero-order valence-corrected chi connectivity index (χ0v) is 14.6. The molecule has 0 radical (unpaired) electrons. The van der Waals surface area contributed by atoms with E-state index < -0.39 is 6.04 Å². The average molecular weight is 358 g/mol. The molecule has 1 saturated heterocycles. The topological polar surface area (TPSA) is 66.6 Å². The predicted molar refractivity (Wildman–Crippen MR) is 91.8 cm³/mol. The first-order valence-electron chi connectivity index (χ1n) is 7.72. The fourth-order valence-corrected chi connectivity index (χ4v) is 3.12. The number of carbonyl (C=O) groups excluding carboxylic acids is 2. The highest BCUT2D eigenvalue weighted by atomic mass is 35.5. The lowest BCUT2D eigenvalue weighted by atomic mass is 10.1. The highest BCUT2D eigenvalue weighted by molar-refractivity contribution is 6.36. The maximum atomic E-state index is 12.5. The molecule has 1 heterocycles. The Morgan fingerprint density at radius 2 is 1.78 bits per heavy atom. The minimum atomic E-state index is -0.451. The van der Waals surface area contributed by atoms with Gasteiger partial charge in [0, 0.05) is 31.2 Å². The fourth-order valence-electron chi connectivity index (χ4n) is 2.63. The second-order valence-electron chi connectivity index (χ2n) is 5.64. The molecule has 1 atom stereocenters. The molecule has 126 valence electrons. The summed E-state index contributed by atoms with van der Waals surface area (Å²) in [5, 5.41) is 0.831. The Kier molecular flexibility index (Phi) is 6.27. The van der Waals surface area contributed by atoms with Crippen molar-refractivity contribution in [2.75, 3.05) is 26.2 Å². The van der Waals surface area contributed by atoms with Crippen molar-refractivity contribution in [3.8, 4) is 0 Å². The summed E-state index contributed by atoms with van der Waals surface area (Å²) in [6.07, 6.45) is 1.55. The molecule has 1 unspecified atom stereocenters. The van der Waals surface area contributed by atoms with Gasteiger partial charge < -0.3 is 15.5 Å². The smallest absolute Gasteiger partial charge is 0.255 e. The highest BCUT2D eigenvalue weighted by Gasteiger charge is 2.28. The van der Waals surface area contributed by atoms with Crippen molar-refractivity contribution >= 4 is 35.0 Å². The van der Waals surface area contributed by atoms with Gasteiger partial charge in [0.1, 0.15) is 0 Å². The molecular formula is C16H21Cl2N3O2. The summed E-state index contributed by atoms with van der Waals surface area (Å²) < 4.78 is 0. The van der Waals surface area contributed by atoms with Crippen molar-refractivity contribution in [2.24, 2.45) is 5.73 Å². The van der Waals surface area contributed by atoms with Crippen LogP contribution in [0.2, 0.25) is 10.0 Å². The van der Waals surface area contributed by atoms with E-state index in [1.807, 2.05) is 6.92 Å². The molecule has 0 aromatic heterocycles. The third kappa shape index (κ3) is 4.37. The molecule has 0 spiro atoms. The Balaban J connectivity index is 1.96. The first kappa shape index (κ1) is 18.0. The third-order valence-electron chi connectivity index (χ3n) is 3.96. The third-order valence-corrected chi connectivity index (χ3v) is 4.50. The molecule has 1 fully saturated rings. The van der Waals surface area contributed by atoms with Crippen LogP contribution in [-0.2, 0) is 4.79 Å². The molecule has 7 heteroatoms. The van der Waals surface area contributed by atoms with E-state index in [0.29, 0.717) is 48.2 Å². The first-order chi connectivity index (χ1) is 10.9. The van der Waals surface area contributed by atoms with Crippen LogP contribution >= 0.6 is 23.2 Å². The Morgan fingerprint density at radius 1 is 1.17 bits per heavy atom. The van der Waals surface area contributed by atoms with Gasteiger partial charge in [-0.1, -0.05) is 36.5 Å². The number of piperazine rings is 1. The summed E-state index contributed by atoms with van der Waals surface area (Å²) in [5.74, 6) is -0.180. The zero-order valence-electron chi connectivity index (χ0n) is 13.1. The molecule has 0 aliphatic carbocycles. The van der Waals surface area contributed by atoms with E-state index in [2.05, 4.69) is 0 Å². The van der Waals surface area contributed by atoms with Crippen molar-refractivity contribution in [3.63, 3.8) is 0 Å². The Labute approximate surface area is 146 Å². The fraction of sp³-hybridized carbons (Fsp3) is 0.500. The predicted octanol–water partition coefficient (Wildman–Crippen LogP) is 2.41. The summed E-state index contributed by atoms with van der Waals surface area (Å²) in [6, 6.07) is 4.37. The van der Waals surface area contributed by atoms with Gasteiger partial charge in [-0.3, -0.25) is 9.59 Å². The number of nitrogens with zero attached hydrogens (tertiary/aromatic N) is 2. The number of amides is 2. The van der Waals surface area contributed by atoms with Gasteiger partial charge >= 0.3 is 0 Å². The Hall–Kier alpha value is -1.30. The van der Waals surface area contributed by atoms with Crippen LogP contribution in [0.5, 0.6) is 0 Å². The van der Waals surface area contributed by atoms with Crippen molar-refractivity contribution < 1.29 is 9.59 Å². The van der Waals surface area contributed by atoms with Crippen LogP contribution < -0.4 is 5.73 Å². The second kappa shape index (κ2) is 7.99. The Bertz CT molecular complexity index is 587. The lowest BCUT2D eigenvalue weighted by Gasteiger charge is -2.36. The van der Waals surface area contributed by atoms with Crippen molar-refractivity contribution in [2.45, 2.75) is 25.8 Å². The Morgan fingerprint density at radius 3 is 2.35 bits per heavy atom. The van der Waals surface area contributed by atoms with E-state index in [-0.39, 0.29) is 11.8 Å². The summed E-state index contributed by atoms with van der Waals surface area (Å²) in [6.45, 7) is 3.94. The van der Waals surface area contributed by atoms with E-state index in [9.17, 15) is 9.59 Å². The van der Waals surface area contributed by atoms with Crippen LogP contribution in [-0.4, -0.2) is 53.8 Å². The first-order valence-corrected chi connectivity index (χ1v) is 8.48. The van der Waals surface area contributed by atoms with Crippen LogP contribution in [0.25, 0.3) is 0 Å². The average Bonchev–Trinajstić information content (AvgIpc) is 2.54. The molecule has 0 bridgehead atoms. The molecule has 23 heavy (non-hydrogen) atoms. The van der Waals surface area contributed by atoms with E-state index in [1.54, 1.807) is 28.0 Å². The minimum Gasteiger partial charge on any atom is -0.338 e. The zero-order chi connectivity index (χ0) is 17.0. The quantitative estimate of drug-likeness (QED) is 0.899. The van der Waals surface area contributed by atoms with E-state index in [4.69, 9.17) is 28.9 Å². The monoisotopic (exact) mass is 357 g/mol. The molecule has 5 nitrogen and oxygen atoms in total. The van der Waals surface area contributed by atoms with E-state index in [1.165, 1.54) is 0 Å². The number of carbonyl (C=O) groups is 2. The van der Waals surface area contributed by atoms with Crippen LogP contribution in [0.4, 0.5) is 0 Å². The molecule has 2 amide bonds. The van der Waals surface area contributed by atoms with Crippen LogP contribution in [0.15, 0.2) is 18.2 Å². The summed E-state index contributed by atoms with van der Waals surface area (Å²) in [7, 11) is 0. The number of benzene rings is 1. The second-order valence-corrected chi connectivity index (χ2v) is 6.48. The lowest BCUT2D eigenvalue weighted by molar-refractivity contribution is -0.134. The lowest BCUT2D eigenvalue weighted by Crippen LogP contribution is -2.54. The van der Waals surface area contributed by atoms with Gasteiger partial charge in [-0.25, -0.2) is 0 Å². The van der Waals surface area contributed by atoms with Crippen LogP contribution in [0, 0.1) is 0 Å². The SMILES string of the molecule is CCCC(N)C(=O)N1CCN(C(=O)c2ccc(Cl)cc2Cl)CC1. The standard InChI is InChI=1S/C16H21Cl2N3O2/c1-2-3-14(19)16(23)21-8-6-20(7-9-21)15(22)12-5-4-11(17)10-13(12)18/h4-5,10,14H,2-3,6-9,19H2,1H3. The maximum Gasteiger partial charge on any atom is 0.255 e. The molecular weight excluding hydrogens is 337 g/mol. The molecule has 0 saturated carbocycles. The van der Waals surface area contributed by atoms with Gasteiger partial charge in [0.05, 0.1) is 16.6 Å². The number of hydrogen-bond acceptors (Lipinski definition) is 3. The normalized spacial score (nSPS) is 16.3. The van der Waals surface area contributed by atoms with Gasteiger partial charge in [0.2, 0.25) is 5.91 Å². The van der Waals surface area contributed by atoms with Crippen molar-refractivity contribution in [1.29, 1.82) is 0 Å². The highest BCUT2D eigenvalue weighted by Crippen LogP contribution is 2.22. The van der Waals surface area contributed by atoms with Gasteiger partial charge in [0.15, 0.2) is 0 Å². The number of hydrogen-bond donors (Lipinski definition) is 1. The summed E-state index contributed by atoms with van der Waals surface area (Å²) >= 11 is 11.9. The van der Waals surface area contributed by atoms with Crippen LogP contribution in [0.3, 0.4) is 0 Å². The summed E-state index contributed by atoms with van der Waals surface area (Å²) in [5.41, 5.74) is 6.31. The van der Waals surface area contributed by atoms with Crippen LogP contribution in [0.1, 0.15) is 30.1 Å². The number of nitrogens with two attached hydrogens (primary N) is 1. The van der Waals surface area contributed by atoms with Crippen molar-refractivity contribution in [3.05, 3.63) is 33.8 Å². The molecule has 2 N–H and O–H groups in total. The number of halogens is 2. The van der Waals surface area contributed by atoms with Gasteiger partial charge in [-0.2, -0.15) is 0 Å². The van der Waals surface area contributed by atoms with E-state index >= 15 is 0 Å². The number of rotatable bonds is 4. The molecule has 2 rings (SSSR count). The van der Waals surface area contributed by atoms with Gasteiger partial charge in [0.25, 0.3) is 5.91 Å². The maximum absolute atomic E-state index is 12.5. The summed E-state index contributed by atoms with van der Waals surface area (Å²) in [4.78, 5) is 28.1. The molecule has 1 aromatic rings. The van der Waals surface area contributed by atoms with Gasteiger partial charge in [-0.05, 0) is 24.6 Å². The molecule has 1 aromatic carbocycles. The van der Waals surface area contributed by atoms with E-state index in [0.717, 1.165) is 6.42 Å². The van der Waals surface area contributed by atoms with Gasteiger partial charge in [-0.15, -0.1) is 0 Å². The molecule has 1 aliphatic heterocycles. The van der Waals surface area contributed by atoms with Crippen molar-refractivity contribution in [1.82, 2.24) is 9.80 Å². The molecule has 1 aliphatic rings. The largest absolute Gasteiger partial charge is 0.338 e.